The first kappa shape index (κ1) is 20.7. The summed E-state index contributed by atoms with van der Waals surface area (Å²) in [6, 6.07) is 4.26. The number of carbonyl (C=O) groups is 1. The summed E-state index contributed by atoms with van der Waals surface area (Å²) in [6.45, 7) is 0.428. The number of aromatic nitrogens is 1. The van der Waals surface area contributed by atoms with Crippen LogP contribution >= 0.6 is 11.6 Å². The van der Waals surface area contributed by atoms with Crippen molar-refractivity contribution in [2.24, 2.45) is 0 Å². The van der Waals surface area contributed by atoms with Gasteiger partial charge in [0, 0.05) is 35.6 Å². The lowest BCUT2D eigenvalue weighted by Gasteiger charge is -2.40. The van der Waals surface area contributed by atoms with Crippen LogP contribution in [0.4, 0.5) is 15.9 Å². The summed E-state index contributed by atoms with van der Waals surface area (Å²) in [5.74, 6) is 0.647. The molecule has 1 N–H and O–H groups in total. The maximum absolute atomic E-state index is 13.8. The first-order valence-corrected chi connectivity index (χ1v) is 12.8. The summed E-state index contributed by atoms with van der Waals surface area (Å²) in [4.78, 5) is 19.5. The van der Waals surface area contributed by atoms with E-state index in [2.05, 4.69) is 10.3 Å². The van der Waals surface area contributed by atoms with Crippen LogP contribution in [0.3, 0.4) is 0 Å². The molecule has 1 aromatic heterocycles. The second-order valence-corrected chi connectivity index (χ2v) is 11.4. The topological polar surface area (TPSA) is 79.4 Å². The molecular formula is C22H23ClFN3O3S. The lowest BCUT2D eigenvalue weighted by molar-refractivity contribution is 0.0767. The van der Waals surface area contributed by atoms with Gasteiger partial charge in [-0.3, -0.25) is 4.79 Å². The van der Waals surface area contributed by atoms with E-state index < -0.39 is 15.7 Å². The molecule has 6 nitrogen and oxygen atoms in total. The van der Waals surface area contributed by atoms with Crippen molar-refractivity contribution in [3.05, 3.63) is 51.9 Å². The molecule has 0 unspecified atom stereocenters. The summed E-state index contributed by atoms with van der Waals surface area (Å²) in [7, 11) is -3.07. The molecule has 9 heteroatoms. The fourth-order valence-corrected chi connectivity index (χ4v) is 6.61. The smallest absolute Gasteiger partial charge is 0.255 e. The molecule has 0 radical (unpaired) electrons. The van der Waals surface area contributed by atoms with Crippen molar-refractivity contribution in [3.8, 4) is 0 Å². The quantitative estimate of drug-likeness (QED) is 0.736. The number of benzene rings is 1. The Balaban J connectivity index is 1.53. The van der Waals surface area contributed by atoms with Crippen molar-refractivity contribution in [2.45, 2.75) is 37.5 Å². The SMILES string of the molecule is O=C(c1cnc(Nc2cc(F)cc(Cl)c2)c2c1C1CCC2CC1)N1CCS(=O)(=O)CC1. The van der Waals surface area contributed by atoms with E-state index >= 15 is 0 Å². The molecule has 164 valence electrons. The van der Waals surface area contributed by atoms with E-state index in [0.717, 1.165) is 36.8 Å². The second-order valence-electron chi connectivity index (χ2n) is 8.62. The molecule has 1 saturated carbocycles. The van der Waals surface area contributed by atoms with Crippen molar-refractivity contribution >= 4 is 38.9 Å². The Bertz CT molecular complexity index is 1130. The molecule has 2 heterocycles. The van der Waals surface area contributed by atoms with Crippen LogP contribution in [0.5, 0.6) is 0 Å². The number of hydrogen-bond acceptors (Lipinski definition) is 5. The average Bonchev–Trinajstić information content (AvgIpc) is 2.73. The lowest BCUT2D eigenvalue weighted by atomic mass is 9.66. The summed E-state index contributed by atoms with van der Waals surface area (Å²) in [5.41, 5.74) is 3.16. The highest BCUT2D eigenvalue weighted by Gasteiger charge is 2.39. The zero-order valence-corrected chi connectivity index (χ0v) is 18.5. The van der Waals surface area contributed by atoms with Crippen LogP contribution < -0.4 is 5.32 Å². The molecule has 4 aliphatic rings. The van der Waals surface area contributed by atoms with Gasteiger partial charge in [0.05, 0.1) is 17.1 Å². The van der Waals surface area contributed by atoms with Gasteiger partial charge in [-0.1, -0.05) is 11.6 Å². The Hall–Kier alpha value is -2.19. The largest absolute Gasteiger partial charge is 0.340 e. The van der Waals surface area contributed by atoms with Crippen LogP contribution in [0, 0.1) is 5.82 Å². The fraction of sp³-hybridized carbons (Fsp3) is 0.455. The molecule has 3 aliphatic carbocycles. The molecule has 1 aromatic carbocycles. The van der Waals surface area contributed by atoms with Gasteiger partial charge < -0.3 is 10.2 Å². The molecule has 2 aromatic rings. The predicted molar refractivity (Wildman–Crippen MR) is 117 cm³/mol. The van der Waals surface area contributed by atoms with Crippen molar-refractivity contribution in [2.75, 3.05) is 29.9 Å². The number of halogens is 2. The molecule has 1 amide bonds. The van der Waals surface area contributed by atoms with Crippen LogP contribution in [-0.4, -0.2) is 48.8 Å². The number of nitrogens with one attached hydrogen (secondary N) is 1. The number of rotatable bonds is 3. The number of hydrogen-bond donors (Lipinski definition) is 1. The van der Waals surface area contributed by atoms with E-state index in [-0.39, 0.29) is 36.4 Å². The third kappa shape index (κ3) is 3.91. The number of carbonyl (C=O) groups excluding carboxylic acids is 1. The van der Waals surface area contributed by atoms with Crippen LogP contribution in [0.25, 0.3) is 0 Å². The molecule has 2 bridgehead atoms. The number of anilines is 2. The van der Waals surface area contributed by atoms with E-state index in [4.69, 9.17) is 11.6 Å². The minimum absolute atomic E-state index is 0.000379. The zero-order chi connectivity index (χ0) is 21.8. The van der Waals surface area contributed by atoms with Crippen LogP contribution in [0.15, 0.2) is 24.4 Å². The van der Waals surface area contributed by atoms with Gasteiger partial charge >= 0.3 is 0 Å². The summed E-state index contributed by atoms with van der Waals surface area (Å²) in [5, 5.41) is 3.51. The Kier molecular flexibility index (Phi) is 5.17. The Morgan fingerprint density at radius 1 is 1.06 bits per heavy atom. The fourth-order valence-electron chi connectivity index (χ4n) is 5.18. The van der Waals surface area contributed by atoms with Gasteiger partial charge in [-0.25, -0.2) is 17.8 Å². The first-order chi connectivity index (χ1) is 14.8. The van der Waals surface area contributed by atoms with Gasteiger partial charge in [0.25, 0.3) is 5.91 Å². The monoisotopic (exact) mass is 463 g/mol. The van der Waals surface area contributed by atoms with E-state index in [1.807, 2.05) is 0 Å². The van der Waals surface area contributed by atoms with Gasteiger partial charge in [0.2, 0.25) is 0 Å². The van der Waals surface area contributed by atoms with Gasteiger partial charge in [-0.05, 0) is 61.3 Å². The number of fused-ring (bicyclic) bond motifs is 2. The van der Waals surface area contributed by atoms with Gasteiger partial charge in [0.1, 0.15) is 11.6 Å². The molecule has 31 heavy (non-hydrogen) atoms. The van der Waals surface area contributed by atoms with Gasteiger partial charge in [-0.15, -0.1) is 0 Å². The maximum atomic E-state index is 13.8. The molecular weight excluding hydrogens is 441 g/mol. The predicted octanol–water partition coefficient (Wildman–Crippen LogP) is 4.24. The van der Waals surface area contributed by atoms with E-state index in [0.29, 0.717) is 28.0 Å². The molecule has 0 spiro atoms. The number of nitrogens with zero attached hydrogens (tertiary/aromatic N) is 2. The van der Waals surface area contributed by atoms with E-state index in [1.54, 1.807) is 17.2 Å². The van der Waals surface area contributed by atoms with Crippen molar-refractivity contribution in [1.82, 2.24) is 9.88 Å². The van der Waals surface area contributed by atoms with E-state index in [1.165, 1.54) is 12.1 Å². The molecule has 6 rings (SSSR count). The average molecular weight is 464 g/mol. The van der Waals surface area contributed by atoms with Crippen molar-refractivity contribution in [1.29, 1.82) is 0 Å². The van der Waals surface area contributed by atoms with Crippen LogP contribution in [-0.2, 0) is 9.84 Å². The van der Waals surface area contributed by atoms with Gasteiger partial charge in [0.15, 0.2) is 9.84 Å². The minimum Gasteiger partial charge on any atom is -0.340 e. The van der Waals surface area contributed by atoms with Crippen molar-refractivity contribution in [3.63, 3.8) is 0 Å². The van der Waals surface area contributed by atoms with Crippen LogP contribution in [0.1, 0.15) is 59.0 Å². The summed E-state index contributed by atoms with van der Waals surface area (Å²) < 4.78 is 37.3. The third-order valence-corrected chi connectivity index (χ3v) is 8.52. The minimum atomic E-state index is -3.07. The maximum Gasteiger partial charge on any atom is 0.255 e. The molecule has 1 saturated heterocycles. The first-order valence-electron chi connectivity index (χ1n) is 10.6. The second kappa shape index (κ2) is 7.74. The Morgan fingerprint density at radius 3 is 2.35 bits per heavy atom. The normalized spacial score (nSPS) is 24.0. The molecule has 1 aliphatic heterocycles. The highest BCUT2D eigenvalue weighted by Crippen LogP contribution is 2.52. The van der Waals surface area contributed by atoms with E-state index in [9.17, 15) is 17.6 Å². The standard InChI is InChI=1S/C22H23ClFN3O3S/c23-15-9-16(24)11-17(10-15)26-21-20-14-3-1-13(2-4-14)19(20)18(12-25-21)22(28)27-5-7-31(29,30)8-6-27/h9-14H,1-8H2,(H,25,26). The highest BCUT2D eigenvalue weighted by molar-refractivity contribution is 7.91. The molecule has 2 fully saturated rings. The van der Waals surface area contributed by atoms with Crippen LogP contribution in [0.2, 0.25) is 5.02 Å². The molecule has 0 atom stereocenters. The third-order valence-electron chi connectivity index (χ3n) is 6.69. The Labute approximate surface area is 185 Å². The lowest BCUT2D eigenvalue weighted by Crippen LogP contribution is -2.44. The number of amides is 1. The van der Waals surface area contributed by atoms with Gasteiger partial charge in [-0.2, -0.15) is 0 Å². The number of sulfone groups is 1. The van der Waals surface area contributed by atoms with Crippen molar-refractivity contribution < 1.29 is 17.6 Å². The number of pyridine rings is 1. The summed E-state index contributed by atoms with van der Waals surface area (Å²) >= 11 is 6.00. The Morgan fingerprint density at radius 2 is 1.71 bits per heavy atom. The summed E-state index contributed by atoms with van der Waals surface area (Å²) in [6.07, 6.45) is 5.73. The highest BCUT2D eigenvalue weighted by atomic mass is 35.5. The zero-order valence-electron chi connectivity index (χ0n) is 16.9.